The first-order chi connectivity index (χ1) is 15.9. The number of nitrogens with two attached hydrogens (primary N) is 4. The van der Waals surface area contributed by atoms with E-state index in [-0.39, 0.29) is 31.3 Å². The van der Waals surface area contributed by atoms with Crippen LogP contribution in [0.4, 0.5) is 0 Å². The summed E-state index contributed by atoms with van der Waals surface area (Å²) in [6.07, 6.45) is 1.70. The summed E-state index contributed by atoms with van der Waals surface area (Å²) in [5.41, 5.74) is 21.5. The lowest BCUT2D eigenvalue weighted by Gasteiger charge is -2.26. The Labute approximate surface area is 199 Å². The highest BCUT2D eigenvalue weighted by Gasteiger charge is 2.31. The van der Waals surface area contributed by atoms with E-state index in [0.717, 1.165) is 0 Å². The molecule has 0 aliphatic rings. The Balaban J connectivity index is 5.48. The Hall–Kier alpha value is -2.97. The number of nitrogens with one attached hydrogen (secondary N) is 3. The van der Waals surface area contributed by atoms with Crippen LogP contribution in [0.25, 0.3) is 0 Å². The molecule has 0 radical (unpaired) electrons. The van der Waals surface area contributed by atoms with Crippen molar-refractivity contribution in [2.45, 2.75) is 70.1 Å². The molecule has 34 heavy (non-hydrogen) atoms. The highest BCUT2D eigenvalue weighted by molar-refractivity contribution is 5.94. The molecule has 0 bridgehead atoms. The number of aliphatic imine (C=N–C) groups is 1. The minimum atomic E-state index is -1.21. The zero-order valence-corrected chi connectivity index (χ0v) is 19.8. The zero-order valence-electron chi connectivity index (χ0n) is 19.8. The second-order valence-electron chi connectivity index (χ2n) is 8.21. The smallest absolute Gasteiger partial charge is 0.326 e. The summed E-state index contributed by atoms with van der Waals surface area (Å²) in [6, 6.07) is -4.52. The largest absolute Gasteiger partial charge is 0.480 e. The molecular formula is C20H40N8O6. The topological polar surface area (TPSA) is 261 Å². The number of aliphatic carboxylic acids is 1. The third-order valence-corrected chi connectivity index (χ3v) is 4.92. The quantitative estimate of drug-likeness (QED) is 0.0558. The summed E-state index contributed by atoms with van der Waals surface area (Å²) in [5.74, 6) is -3.79. The van der Waals surface area contributed by atoms with E-state index in [1.54, 1.807) is 13.8 Å². The molecule has 0 aliphatic carbocycles. The molecule has 3 amide bonds. The maximum Gasteiger partial charge on any atom is 0.326 e. The van der Waals surface area contributed by atoms with Crippen LogP contribution in [-0.2, 0) is 19.2 Å². The number of rotatable bonds is 17. The molecule has 0 saturated heterocycles. The molecular weight excluding hydrogens is 448 g/mol. The highest BCUT2D eigenvalue weighted by Crippen LogP contribution is 2.07. The number of hydrogen-bond acceptors (Lipinski definition) is 8. The highest BCUT2D eigenvalue weighted by atomic mass is 16.4. The van der Waals surface area contributed by atoms with E-state index in [2.05, 4.69) is 20.9 Å². The van der Waals surface area contributed by atoms with Crippen LogP contribution in [0.3, 0.4) is 0 Å². The lowest BCUT2D eigenvalue weighted by atomic mass is 10.0. The average molecular weight is 489 g/mol. The van der Waals surface area contributed by atoms with Crippen LogP contribution in [0, 0.1) is 5.92 Å². The molecule has 4 atom stereocenters. The zero-order chi connectivity index (χ0) is 26.3. The van der Waals surface area contributed by atoms with Gasteiger partial charge in [-0.15, -0.1) is 0 Å². The van der Waals surface area contributed by atoms with Gasteiger partial charge in [0.2, 0.25) is 17.7 Å². The van der Waals surface area contributed by atoms with E-state index >= 15 is 0 Å². The second-order valence-corrected chi connectivity index (χ2v) is 8.21. The maximum atomic E-state index is 12.9. The number of carbonyl (C=O) groups is 4. The molecule has 13 N–H and O–H groups in total. The number of carboxylic acid groups (broad SMARTS) is 1. The Morgan fingerprint density at radius 3 is 1.97 bits per heavy atom. The number of aliphatic hydroxyl groups is 1. The van der Waals surface area contributed by atoms with Crippen molar-refractivity contribution in [3.63, 3.8) is 0 Å². The van der Waals surface area contributed by atoms with Crippen LogP contribution >= 0.6 is 0 Å². The molecule has 0 aromatic rings. The van der Waals surface area contributed by atoms with Crippen LogP contribution < -0.4 is 38.9 Å². The van der Waals surface area contributed by atoms with Gasteiger partial charge >= 0.3 is 5.97 Å². The van der Waals surface area contributed by atoms with E-state index in [1.807, 2.05) is 0 Å². The van der Waals surface area contributed by atoms with Crippen LogP contribution in [0.15, 0.2) is 4.99 Å². The SMILES string of the molecule is CC(C)C(NC(=O)C(N)CO)C(=O)NC(CCCN=C(N)N)C(=O)NC(CCCCN)C(=O)O. The maximum absolute atomic E-state index is 12.9. The van der Waals surface area contributed by atoms with E-state index in [1.165, 1.54) is 0 Å². The Morgan fingerprint density at radius 2 is 1.47 bits per heavy atom. The van der Waals surface area contributed by atoms with Gasteiger partial charge in [0.25, 0.3) is 0 Å². The molecule has 0 aromatic heterocycles. The summed E-state index contributed by atoms with van der Waals surface area (Å²) in [5, 5.41) is 26.0. The predicted molar refractivity (Wildman–Crippen MR) is 126 cm³/mol. The standard InChI is InChI=1S/C20H40N8O6/c1-11(2)15(28-16(30)12(22)10-29)18(32)26-13(7-5-9-25-20(23)24)17(31)27-14(19(33)34)6-3-4-8-21/h11-15,29H,3-10,21-22H2,1-2H3,(H,26,32)(H,27,31)(H,28,30)(H,33,34)(H4,23,24,25). The van der Waals surface area contributed by atoms with Gasteiger partial charge < -0.3 is 49.1 Å². The molecule has 0 rings (SSSR count). The minimum Gasteiger partial charge on any atom is -0.480 e. The van der Waals surface area contributed by atoms with Gasteiger partial charge in [-0.2, -0.15) is 0 Å². The van der Waals surface area contributed by atoms with Gasteiger partial charge in [-0.1, -0.05) is 13.8 Å². The van der Waals surface area contributed by atoms with Gasteiger partial charge in [-0.25, -0.2) is 4.79 Å². The van der Waals surface area contributed by atoms with Gasteiger partial charge in [0.1, 0.15) is 24.2 Å². The first-order valence-electron chi connectivity index (χ1n) is 11.2. The van der Waals surface area contributed by atoms with Crippen molar-refractivity contribution < 1.29 is 29.4 Å². The monoisotopic (exact) mass is 488 g/mol. The fraction of sp³-hybridized carbons (Fsp3) is 0.750. The molecule has 196 valence electrons. The Kier molecular flexibility index (Phi) is 15.2. The van der Waals surface area contributed by atoms with Gasteiger partial charge in [-0.3, -0.25) is 19.4 Å². The summed E-state index contributed by atoms with van der Waals surface area (Å²) >= 11 is 0. The van der Waals surface area contributed by atoms with Gasteiger partial charge in [-0.05, 0) is 44.6 Å². The average Bonchev–Trinajstić information content (AvgIpc) is 2.77. The molecule has 0 saturated carbocycles. The van der Waals surface area contributed by atoms with E-state index in [9.17, 15) is 24.3 Å². The third kappa shape index (κ3) is 12.3. The fourth-order valence-electron chi connectivity index (χ4n) is 2.93. The lowest BCUT2D eigenvalue weighted by molar-refractivity contribution is -0.142. The van der Waals surface area contributed by atoms with Crippen LogP contribution in [0.5, 0.6) is 0 Å². The van der Waals surface area contributed by atoms with E-state index < -0.39 is 54.5 Å². The summed E-state index contributed by atoms with van der Waals surface area (Å²) in [7, 11) is 0. The first-order valence-corrected chi connectivity index (χ1v) is 11.2. The number of hydrogen-bond donors (Lipinski definition) is 9. The van der Waals surface area contributed by atoms with Crippen molar-refractivity contribution in [2.24, 2.45) is 33.8 Å². The molecule has 0 spiro atoms. The molecule has 0 fully saturated rings. The number of unbranched alkanes of at least 4 members (excludes halogenated alkanes) is 1. The van der Waals surface area contributed by atoms with Crippen molar-refractivity contribution in [3.05, 3.63) is 0 Å². The van der Waals surface area contributed by atoms with Crippen molar-refractivity contribution in [1.82, 2.24) is 16.0 Å². The molecule has 0 aromatic carbocycles. The van der Waals surface area contributed by atoms with E-state index in [4.69, 9.17) is 28.0 Å². The summed E-state index contributed by atoms with van der Waals surface area (Å²) in [6.45, 7) is 3.35. The molecule has 14 heteroatoms. The van der Waals surface area contributed by atoms with Gasteiger partial charge in [0.15, 0.2) is 5.96 Å². The van der Waals surface area contributed by atoms with Crippen molar-refractivity contribution >= 4 is 29.7 Å². The predicted octanol–water partition coefficient (Wildman–Crippen LogP) is -3.32. The van der Waals surface area contributed by atoms with E-state index in [0.29, 0.717) is 25.8 Å². The molecule has 4 unspecified atom stereocenters. The number of carbonyl (C=O) groups excluding carboxylic acids is 3. The van der Waals surface area contributed by atoms with Crippen LogP contribution in [0.2, 0.25) is 0 Å². The number of amides is 3. The molecule has 0 aliphatic heterocycles. The van der Waals surface area contributed by atoms with Gasteiger partial charge in [0, 0.05) is 6.54 Å². The Bertz CT molecular complexity index is 699. The number of aliphatic hydroxyl groups excluding tert-OH is 1. The molecule has 0 heterocycles. The normalized spacial score (nSPS) is 14.4. The lowest BCUT2D eigenvalue weighted by Crippen LogP contribution is -2.58. The minimum absolute atomic E-state index is 0.110. The van der Waals surface area contributed by atoms with Crippen molar-refractivity contribution in [1.29, 1.82) is 0 Å². The van der Waals surface area contributed by atoms with Crippen molar-refractivity contribution in [2.75, 3.05) is 19.7 Å². The van der Waals surface area contributed by atoms with Crippen molar-refractivity contribution in [3.8, 4) is 0 Å². The third-order valence-electron chi connectivity index (χ3n) is 4.92. The number of carboxylic acids is 1. The number of guanidine groups is 1. The van der Waals surface area contributed by atoms with Crippen LogP contribution in [-0.4, -0.2) is 83.7 Å². The second kappa shape index (κ2) is 16.6. The fourth-order valence-corrected chi connectivity index (χ4v) is 2.93. The molecule has 14 nitrogen and oxygen atoms in total. The Morgan fingerprint density at radius 1 is 0.882 bits per heavy atom. The van der Waals surface area contributed by atoms with Crippen LogP contribution in [0.1, 0.15) is 46.0 Å². The first kappa shape index (κ1) is 31.0. The van der Waals surface area contributed by atoms with Gasteiger partial charge in [0.05, 0.1) is 6.61 Å². The summed E-state index contributed by atoms with van der Waals surface area (Å²) < 4.78 is 0. The number of nitrogens with zero attached hydrogens (tertiary/aromatic N) is 1. The summed E-state index contributed by atoms with van der Waals surface area (Å²) in [4.78, 5) is 53.3.